The summed E-state index contributed by atoms with van der Waals surface area (Å²) in [6.45, 7) is 12.5. The Morgan fingerprint density at radius 2 is 1.45 bits per heavy atom. The second-order valence-electron chi connectivity index (χ2n) is 24.5. The number of benzene rings is 6. The van der Waals surface area contributed by atoms with E-state index in [9.17, 15) is 45.4 Å². The van der Waals surface area contributed by atoms with Gasteiger partial charge in [-0.15, -0.1) is 0 Å². The predicted molar refractivity (Wildman–Crippen MR) is 354 cm³/mol. The third-order valence-electron chi connectivity index (χ3n) is 17.7. The number of ether oxygens (including phenoxy) is 1. The molecule has 0 saturated carbocycles. The van der Waals surface area contributed by atoms with Crippen LogP contribution in [0.25, 0.3) is 32.7 Å². The fraction of sp³-hybridized carbons (Fsp3) is 0.290. The number of nitrogens with two attached hydrogens (primary N) is 1. The molecular formula is C69H72N9O11S2+. The maximum absolute atomic E-state index is 13.6. The molecule has 2 aromatic heterocycles. The Balaban J connectivity index is 0.908. The number of amides is 1. The van der Waals surface area contributed by atoms with E-state index in [-0.39, 0.29) is 48.5 Å². The highest BCUT2D eigenvalue weighted by atomic mass is 32.2. The van der Waals surface area contributed by atoms with E-state index in [0.717, 1.165) is 73.0 Å². The van der Waals surface area contributed by atoms with Crippen LogP contribution in [0.1, 0.15) is 106 Å². The lowest BCUT2D eigenvalue weighted by molar-refractivity contribution is -0.438. The van der Waals surface area contributed by atoms with Crippen molar-refractivity contribution in [3.63, 3.8) is 0 Å². The molecule has 0 radical (unpaired) electrons. The molecule has 8 N–H and O–H groups in total. The predicted octanol–water partition coefficient (Wildman–Crippen LogP) is 11.0. The number of rotatable bonds is 21. The Morgan fingerprint density at radius 3 is 2.13 bits per heavy atom. The van der Waals surface area contributed by atoms with Crippen LogP contribution < -0.4 is 31.6 Å². The van der Waals surface area contributed by atoms with Crippen molar-refractivity contribution < 1.29 is 49.9 Å². The Kier molecular flexibility index (Phi) is 17.5. The summed E-state index contributed by atoms with van der Waals surface area (Å²) in [4.78, 5) is 55.8. The maximum atomic E-state index is 13.6. The van der Waals surface area contributed by atoms with E-state index in [1.165, 1.54) is 20.0 Å². The molecule has 3 atom stereocenters. The van der Waals surface area contributed by atoms with Gasteiger partial charge in [-0.25, -0.2) is 14.8 Å². The topological polar surface area (TPSA) is 300 Å². The average molecular weight is 1270 g/mol. The van der Waals surface area contributed by atoms with E-state index >= 15 is 0 Å². The van der Waals surface area contributed by atoms with Gasteiger partial charge in [0.2, 0.25) is 11.6 Å². The molecule has 8 aromatic rings. The molecule has 2 unspecified atom stereocenters. The van der Waals surface area contributed by atoms with Crippen LogP contribution in [0, 0.1) is 0 Å². The van der Waals surface area contributed by atoms with Crippen molar-refractivity contribution in [2.24, 2.45) is 0 Å². The monoisotopic (exact) mass is 1270 g/mol. The fourth-order valence-corrected chi connectivity index (χ4v) is 13.5. The lowest BCUT2D eigenvalue weighted by Crippen LogP contribution is -2.42. The minimum atomic E-state index is -4.31. The molecule has 1 amide bonds. The van der Waals surface area contributed by atoms with Gasteiger partial charge < -0.3 is 31.1 Å². The van der Waals surface area contributed by atoms with Crippen LogP contribution in [-0.4, -0.2) is 103 Å². The number of carboxylic acid groups (broad SMARTS) is 1. The molecule has 0 saturated heterocycles. The number of fused-ring (bicyclic) bond motifs is 7. The minimum Gasteiger partial charge on any atom is -0.480 e. The van der Waals surface area contributed by atoms with E-state index in [0.29, 0.717) is 54.4 Å². The zero-order valence-electron chi connectivity index (χ0n) is 51.3. The molecule has 470 valence electrons. The number of aromatic nitrogens is 4. The first kappa shape index (κ1) is 63.2. The highest BCUT2D eigenvalue weighted by Crippen LogP contribution is 2.51. The van der Waals surface area contributed by atoms with Gasteiger partial charge in [-0.05, 0) is 158 Å². The molecule has 0 bridgehead atoms. The number of anilines is 3. The summed E-state index contributed by atoms with van der Waals surface area (Å²) < 4.78 is 78.8. The number of allylic oxidation sites excluding steroid dienone is 7. The van der Waals surface area contributed by atoms with Crippen molar-refractivity contribution >= 4 is 93.5 Å². The zero-order valence-corrected chi connectivity index (χ0v) is 52.9. The quantitative estimate of drug-likeness (QED) is 0.0260. The summed E-state index contributed by atoms with van der Waals surface area (Å²) in [5.74, 6) is -0.825. The van der Waals surface area contributed by atoms with E-state index < -0.39 is 65.0 Å². The van der Waals surface area contributed by atoms with Crippen LogP contribution in [0.4, 0.5) is 23.0 Å². The van der Waals surface area contributed by atoms with Gasteiger partial charge in [0.25, 0.3) is 31.7 Å². The van der Waals surface area contributed by atoms with Crippen LogP contribution in [0.3, 0.4) is 0 Å². The van der Waals surface area contributed by atoms with Gasteiger partial charge in [0.1, 0.15) is 17.6 Å². The first-order valence-electron chi connectivity index (χ1n) is 30.1. The van der Waals surface area contributed by atoms with Crippen LogP contribution >= 0.6 is 0 Å². The number of hydrogen-bond donors (Lipinski definition) is 7. The maximum Gasteiger partial charge on any atom is 0.326 e. The number of aliphatic carboxylic acids is 1. The lowest BCUT2D eigenvalue weighted by atomic mass is 9.78. The lowest BCUT2D eigenvalue weighted by Gasteiger charge is -2.28. The first-order valence-corrected chi connectivity index (χ1v) is 33.1. The van der Waals surface area contributed by atoms with Crippen molar-refractivity contribution in [1.82, 2.24) is 25.3 Å². The number of carbonyl (C=O) groups excluding carboxylic acids is 1. The molecule has 91 heavy (non-hydrogen) atoms. The highest BCUT2D eigenvalue weighted by Gasteiger charge is 2.46. The third-order valence-corrected chi connectivity index (χ3v) is 20.2. The molecule has 2 aliphatic heterocycles. The van der Waals surface area contributed by atoms with Gasteiger partial charge in [-0.1, -0.05) is 86.7 Å². The van der Waals surface area contributed by atoms with E-state index in [2.05, 4.69) is 141 Å². The molecule has 11 rings (SSSR count). The van der Waals surface area contributed by atoms with Gasteiger partial charge in [0.15, 0.2) is 23.4 Å². The van der Waals surface area contributed by atoms with Gasteiger partial charge in [0, 0.05) is 65.1 Å². The summed E-state index contributed by atoms with van der Waals surface area (Å²) in [7, 11) is -8.62. The van der Waals surface area contributed by atoms with E-state index in [1.54, 1.807) is 48.5 Å². The van der Waals surface area contributed by atoms with Crippen molar-refractivity contribution in [3.8, 4) is 5.75 Å². The third kappa shape index (κ3) is 13.2. The standard InChI is InChI=1S/C69H71N9O11S2/c1-41(90(83,84)85)34-36-77-55-30-22-44-12-7-9-16-52(44)59(55)68(3,4)57(77)32-24-46-14-11-15-47(25-33-58-69(5,6)60-53-17-10-8-13-45(53)23-31-56(60)78(58)37-35-42(2)91(86,87)88)62(46)89-51-28-18-43(19-29-51)38-54(66(81)82)74-64(79)48-20-26-49(27-21-48)71-39-50-40-72-63-61(73-50)65(80)76-67(70)75-63/h7-10,12-13,16-33,40-42,54H,11,14-15,34-39H2,1-6H3,(H7-,70,71,72,74,75,76,79,80,81,82,83,84,85,86,87,88)/p+1/t41?,42?,54-/m0/s1. The molecule has 22 heteroatoms. The Hall–Kier alpha value is -9.35. The number of aromatic amines is 1. The zero-order chi connectivity index (χ0) is 64.7. The fourth-order valence-electron chi connectivity index (χ4n) is 12.7. The van der Waals surface area contributed by atoms with Gasteiger partial charge in [-0.3, -0.25) is 23.7 Å². The van der Waals surface area contributed by atoms with Crippen LogP contribution in [0.2, 0.25) is 0 Å². The molecule has 6 aromatic carbocycles. The molecule has 4 heterocycles. The molecule has 20 nitrogen and oxygen atoms in total. The summed E-state index contributed by atoms with van der Waals surface area (Å²) in [6.07, 6.45) is 12.1. The summed E-state index contributed by atoms with van der Waals surface area (Å²) in [5, 5.41) is 18.5. The van der Waals surface area contributed by atoms with Crippen molar-refractivity contribution in [2.75, 3.05) is 29.0 Å². The molecule has 0 spiro atoms. The largest absolute Gasteiger partial charge is 0.480 e. The van der Waals surface area contributed by atoms with Gasteiger partial charge >= 0.3 is 5.97 Å². The molecular weight excluding hydrogens is 1190 g/mol. The number of nitrogens with one attached hydrogen (secondary N) is 3. The number of carboxylic acids is 1. The van der Waals surface area contributed by atoms with Crippen molar-refractivity contribution in [2.45, 2.75) is 114 Å². The molecule has 3 aliphatic rings. The average Bonchev–Trinajstić information content (AvgIpc) is 1.59. The Morgan fingerprint density at radius 1 is 0.791 bits per heavy atom. The molecule has 1 aliphatic carbocycles. The second kappa shape index (κ2) is 25.1. The van der Waals surface area contributed by atoms with Crippen LogP contribution in [0.5, 0.6) is 5.75 Å². The smallest absolute Gasteiger partial charge is 0.326 e. The van der Waals surface area contributed by atoms with Gasteiger partial charge in [0.05, 0.1) is 34.4 Å². The summed E-state index contributed by atoms with van der Waals surface area (Å²) >= 11 is 0. The summed E-state index contributed by atoms with van der Waals surface area (Å²) in [5.41, 5.74) is 13.7. The second-order valence-corrected chi connectivity index (χ2v) is 28.2. The number of nitrogens with zero attached hydrogens (tertiary/aromatic N) is 5. The first-order chi connectivity index (χ1) is 43.3. The van der Waals surface area contributed by atoms with Crippen LogP contribution in [0.15, 0.2) is 179 Å². The summed E-state index contributed by atoms with van der Waals surface area (Å²) in [6, 6.07) is 36.9. The Bertz CT molecular complexity index is 4690. The van der Waals surface area contributed by atoms with Crippen LogP contribution in [-0.2, 0) is 48.8 Å². The SMILES string of the molecule is CC(CCN1/C(=C/C=C2\CCCC(/C=C/C3=[N+](CCC(C)S(=O)(=O)O)c4ccc5ccccc5c4C3(C)C)=C2Oc2ccc(C[C@H](NC(=O)c3ccc(NCc4cnc5nc(N)[nH]c(=O)c5n4)cc3)C(=O)O)cc2)C(C)(C)c2c1ccc1ccccc21)S(=O)(=O)O. The highest BCUT2D eigenvalue weighted by molar-refractivity contribution is 7.86. The van der Waals surface area contributed by atoms with E-state index in [4.69, 9.17) is 10.5 Å². The molecule has 0 fully saturated rings. The number of nitrogen functional groups attached to an aromatic ring is 1. The Labute approximate surface area is 527 Å². The number of carbonyl (C=O) groups is 2. The van der Waals surface area contributed by atoms with Gasteiger partial charge in [-0.2, -0.15) is 26.4 Å². The number of H-pyrrole nitrogens is 1. The number of hydrogen-bond acceptors (Lipinski definition) is 14. The van der Waals surface area contributed by atoms with E-state index in [1.807, 2.05) is 24.3 Å². The minimum absolute atomic E-state index is 0.0409. The van der Waals surface area contributed by atoms with Crippen molar-refractivity contribution in [1.29, 1.82) is 0 Å². The van der Waals surface area contributed by atoms with Crippen molar-refractivity contribution in [3.05, 3.63) is 213 Å². The normalized spacial score (nSPS) is 17.5.